The standard InChI is InChI=1S/C14H20N4O4S/c19-13(18-11-3-5-23(20,21)9-11)10-6-15-14(16-7-10)17-8-12-2-1-4-22-12/h6-7,11-12H,1-5,8-9H2,(H,18,19)(H,15,16,17). The van der Waals surface area contributed by atoms with Gasteiger partial charge in [-0.1, -0.05) is 0 Å². The Balaban J connectivity index is 1.51. The molecule has 0 aliphatic carbocycles. The largest absolute Gasteiger partial charge is 0.376 e. The first-order chi connectivity index (χ1) is 11.0. The van der Waals surface area contributed by atoms with Crippen molar-refractivity contribution in [1.29, 1.82) is 0 Å². The first kappa shape index (κ1) is 16.1. The van der Waals surface area contributed by atoms with Crippen molar-refractivity contribution in [3.63, 3.8) is 0 Å². The van der Waals surface area contributed by atoms with Crippen LogP contribution in [0.1, 0.15) is 29.6 Å². The maximum absolute atomic E-state index is 12.1. The van der Waals surface area contributed by atoms with Crippen molar-refractivity contribution in [2.24, 2.45) is 0 Å². The van der Waals surface area contributed by atoms with E-state index in [1.165, 1.54) is 12.4 Å². The molecular weight excluding hydrogens is 320 g/mol. The molecule has 0 aromatic carbocycles. The van der Waals surface area contributed by atoms with Crippen LogP contribution >= 0.6 is 0 Å². The minimum Gasteiger partial charge on any atom is -0.376 e. The molecule has 2 aliphatic heterocycles. The second-order valence-electron chi connectivity index (χ2n) is 5.88. The van der Waals surface area contributed by atoms with E-state index < -0.39 is 9.84 Å². The number of rotatable bonds is 5. The second-order valence-corrected chi connectivity index (χ2v) is 8.11. The third-order valence-electron chi connectivity index (χ3n) is 3.99. The molecule has 0 radical (unpaired) electrons. The van der Waals surface area contributed by atoms with E-state index in [1.807, 2.05) is 0 Å². The summed E-state index contributed by atoms with van der Waals surface area (Å²) in [6.45, 7) is 1.44. The van der Waals surface area contributed by atoms with E-state index in [4.69, 9.17) is 4.74 Å². The number of hydrogen-bond acceptors (Lipinski definition) is 7. The molecule has 0 saturated carbocycles. The molecule has 0 spiro atoms. The number of nitrogens with zero attached hydrogens (tertiary/aromatic N) is 2. The van der Waals surface area contributed by atoms with Crippen LogP contribution < -0.4 is 10.6 Å². The van der Waals surface area contributed by atoms with Crippen LogP contribution in [0.5, 0.6) is 0 Å². The van der Waals surface area contributed by atoms with E-state index >= 15 is 0 Å². The molecular formula is C14H20N4O4S. The fourth-order valence-corrected chi connectivity index (χ4v) is 4.40. The molecule has 9 heteroatoms. The third kappa shape index (κ3) is 4.38. The predicted molar refractivity (Wildman–Crippen MR) is 84.0 cm³/mol. The van der Waals surface area contributed by atoms with Crippen molar-refractivity contribution in [2.75, 3.05) is 30.0 Å². The zero-order valence-corrected chi connectivity index (χ0v) is 13.5. The van der Waals surface area contributed by atoms with E-state index in [9.17, 15) is 13.2 Å². The summed E-state index contributed by atoms with van der Waals surface area (Å²) >= 11 is 0. The normalized spacial score (nSPS) is 26.1. The van der Waals surface area contributed by atoms with Crippen LogP contribution in [0.25, 0.3) is 0 Å². The highest BCUT2D eigenvalue weighted by molar-refractivity contribution is 7.91. The summed E-state index contributed by atoms with van der Waals surface area (Å²) in [5.41, 5.74) is 0.317. The zero-order chi connectivity index (χ0) is 16.3. The van der Waals surface area contributed by atoms with Crippen LogP contribution in [0.4, 0.5) is 5.95 Å². The molecule has 1 amide bonds. The first-order valence-corrected chi connectivity index (χ1v) is 9.53. The molecule has 1 aromatic rings. The lowest BCUT2D eigenvalue weighted by Gasteiger charge is -2.12. The smallest absolute Gasteiger partial charge is 0.254 e. The van der Waals surface area contributed by atoms with E-state index in [0.717, 1.165) is 19.4 Å². The summed E-state index contributed by atoms with van der Waals surface area (Å²) in [6.07, 6.45) is 5.61. The Labute approximate surface area is 135 Å². The van der Waals surface area contributed by atoms with Gasteiger partial charge in [0.2, 0.25) is 5.95 Å². The lowest BCUT2D eigenvalue weighted by atomic mass is 10.2. The molecule has 3 heterocycles. The maximum atomic E-state index is 12.1. The first-order valence-electron chi connectivity index (χ1n) is 7.71. The molecule has 2 atom stereocenters. The van der Waals surface area contributed by atoms with Crippen LogP contribution in [-0.2, 0) is 14.6 Å². The minimum atomic E-state index is -3.01. The third-order valence-corrected chi connectivity index (χ3v) is 5.76. The summed E-state index contributed by atoms with van der Waals surface area (Å²) in [5.74, 6) is 0.222. The van der Waals surface area contributed by atoms with Gasteiger partial charge in [-0.25, -0.2) is 18.4 Å². The van der Waals surface area contributed by atoms with Gasteiger partial charge in [-0.2, -0.15) is 0 Å². The van der Waals surface area contributed by atoms with Crippen LogP contribution in [0.2, 0.25) is 0 Å². The number of aromatic nitrogens is 2. The summed E-state index contributed by atoms with van der Waals surface area (Å²) in [7, 11) is -3.01. The Morgan fingerprint density at radius 1 is 1.30 bits per heavy atom. The van der Waals surface area contributed by atoms with Gasteiger partial charge >= 0.3 is 0 Å². The lowest BCUT2D eigenvalue weighted by Crippen LogP contribution is -2.35. The van der Waals surface area contributed by atoms with Crippen LogP contribution in [0.15, 0.2) is 12.4 Å². The average Bonchev–Trinajstić information content (AvgIpc) is 3.15. The van der Waals surface area contributed by atoms with Gasteiger partial charge < -0.3 is 15.4 Å². The molecule has 8 nitrogen and oxygen atoms in total. The number of nitrogens with one attached hydrogen (secondary N) is 2. The Morgan fingerprint density at radius 3 is 2.70 bits per heavy atom. The topological polar surface area (TPSA) is 110 Å². The van der Waals surface area contributed by atoms with E-state index in [2.05, 4.69) is 20.6 Å². The Bertz CT molecular complexity index is 656. The van der Waals surface area contributed by atoms with Crippen molar-refractivity contribution in [1.82, 2.24) is 15.3 Å². The fraction of sp³-hybridized carbons (Fsp3) is 0.643. The quantitative estimate of drug-likeness (QED) is 0.775. The molecule has 3 rings (SSSR count). The number of ether oxygens (including phenoxy) is 1. The van der Waals surface area contributed by atoms with E-state index in [0.29, 0.717) is 24.5 Å². The predicted octanol–water partition coefficient (Wildman–Crippen LogP) is -0.0156. The van der Waals surface area contributed by atoms with Crippen molar-refractivity contribution in [3.05, 3.63) is 18.0 Å². The number of carbonyl (C=O) groups is 1. The second kappa shape index (κ2) is 6.79. The number of carbonyl (C=O) groups excluding carboxylic acids is 1. The van der Waals surface area contributed by atoms with Gasteiger partial charge in [0.1, 0.15) is 0 Å². The van der Waals surface area contributed by atoms with E-state index in [-0.39, 0.29) is 29.6 Å². The Morgan fingerprint density at radius 2 is 2.09 bits per heavy atom. The molecule has 2 saturated heterocycles. The highest BCUT2D eigenvalue weighted by Crippen LogP contribution is 2.13. The van der Waals surface area contributed by atoms with Crippen LogP contribution in [0.3, 0.4) is 0 Å². The summed E-state index contributed by atoms with van der Waals surface area (Å²) in [4.78, 5) is 20.3. The van der Waals surface area contributed by atoms with Gasteiger partial charge in [-0.3, -0.25) is 4.79 Å². The van der Waals surface area contributed by atoms with Gasteiger partial charge in [0.15, 0.2) is 9.84 Å². The van der Waals surface area contributed by atoms with Gasteiger partial charge in [0, 0.05) is 31.6 Å². The van der Waals surface area contributed by atoms with Gasteiger partial charge in [-0.15, -0.1) is 0 Å². The molecule has 126 valence electrons. The number of hydrogen-bond donors (Lipinski definition) is 2. The highest BCUT2D eigenvalue weighted by Gasteiger charge is 2.29. The van der Waals surface area contributed by atoms with Crippen LogP contribution in [-0.4, -0.2) is 61.1 Å². The van der Waals surface area contributed by atoms with Gasteiger partial charge in [0.05, 0.1) is 23.2 Å². The van der Waals surface area contributed by atoms with Crippen molar-refractivity contribution < 1.29 is 17.9 Å². The number of amides is 1. The highest BCUT2D eigenvalue weighted by atomic mass is 32.2. The molecule has 0 bridgehead atoms. The molecule has 2 fully saturated rings. The summed E-state index contributed by atoms with van der Waals surface area (Å²) in [6, 6.07) is -0.329. The molecule has 2 aliphatic rings. The van der Waals surface area contributed by atoms with Crippen LogP contribution in [0, 0.1) is 0 Å². The van der Waals surface area contributed by atoms with Crippen molar-refractivity contribution in [2.45, 2.75) is 31.4 Å². The molecule has 1 aromatic heterocycles. The summed E-state index contributed by atoms with van der Waals surface area (Å²) < 4.78 is 28.3. The monoisotopic (exact) mass is 340 g/mol. The Hall–Kier alpha value is -1.74. The van der Waals surface area contributed by atoms with Crippen molar-refractivity contribution in [3.8, 4) is 0 Å². The fourth-order valence-electron chi connectivity index (χ4n) is 2.72. The number of anilines is 1. The Kier molecular flexibility index (Phi) is 4.76. The van der Waals surface area contributed by atoms with E-state index in [1.54, 1.807) is 0 Å². The van der Waals surface area contributed by atoms with Gasteiger partial charge in [-0.05, 0) is 19.3 Å². The SMILES string of the molecule is O=C(NC1CCS(=O)(=O)C1)c1cnc(NCC2CCCO2)nc1. The molecule has 2 unspecified atom stereocenters. The van der Waals surface area contributed by atoms with Crippen molar-refractivity contribution >= 4 is 21.7 Å². The lowest BCUT2D eigenvalue weighted by molar-refractivity contribution is 0.0940. The molecule has 23 heavy (non-hydrogen) atoms. The molecule has 2 N–H and O–H groups in total. The summed E-state index contributed by atoms with van der Waals surface area (Å²) in [5, 5.41) is 5.79. The van der Waals surface area contributed by atoms with Gasteiger partial charge in [0.25, 0.3) is 5.91 Å². The zero-order valence-electron chi connectivity index (χ0n) is 12.7. The average molecular weight is 340 g/mol. The number of sulfone groups is 1. The minimum absolute atomic E-state index is 0.000620. The maximum Gasteiger partial charge on any atom is 0.254 e.